The van der Waals surface area contributed by atoms with Gasteiger partial charge in [0, 0.05) is 23.7 Å². The zero-order chi connectivity index (χ0) is 6.85. The minimum Gasteiger partial charge on any atom is -0.265 e. The fraction of sp³-hybridized carbons (Fsp3) is 0.429. The van der Waals surface area contributed by atoms with Crippen molar-refractivity contribution in [3.63, 3.8) is 0 Å². The van der Waals surface area contributed by atoms with E-state index in [0.717, 1.165) is 6.42 Å². The molecular weight excluding hydrogens is 134 g/mol. The van der Waals surface area contributed by atoms with Crippen LogP contribution in [0.25, 0.3) is 0 Å². The highest BCUT2D eigenvalue weighted by molar-refractivity contribution is 6.15. The zero-order valence-electron chi connectivity index (χ0n) is 5.69. The lowest BCUT2D eigenvalue weighted by Crippen LogP contribution is -1.87. The summed E-state index contributed by atoms with van der Waals surface area (Å²) in [5.74, 6) is 0. The van der Waals surface area contributed by atoms with Crippen LogP contribution in [0.15, 0.2) is 12.3 Å². The number of nitrogens with zero attached hydrogens (tertiary/aromatic N) is 1. The summed E-state index contributed by atoms with van der Waals surface area (Å²) >= 11 is 5.76. The number of aryl methyl sites for hydroxylation is 1. The molecule has 0 amide bonds. The van der Waals surface area contributed by atoms with Gasteiger partial charge in [-0.2, -0.15) is 0 Å². The summed E-state index contributed by atoms with van der Waals surface area (Å²) in [6.07, 6.45) is 2.87. The van der Waals surface area contributed by atoms with Gasteiger partial charge in [-0.1, -0.05) is 6.92 Å². The smallest absolute Gasteiger partial charge is 0.0375 e. The van der Waals surface area contributed by atoms with E-state index in [-0.39, 0.29) is 0 Å². The molecule has 0 saturated heterocycles. The van der Waals surface area contributed by atoms with Gasteiger partial charge in [0.05, 0.1) is 0 Å². The van der Waals surface area contributed by atoms with Crippen molar-refractivity contribution < 1.29 is 0 Å². The highest BCUT2D eigenvalue weighted by Gasteiger charge is 1.98. The van der Waals surface area contributed by atoms with Gasteiger partial charge in [0.2, 0.25) is 0 Å². The molecule has 1 nitrogen and oxygen atoms in total. The molecule has 0 unspecified atom stereocenters. The number of hydrogen-bond donors (Lipinski definition) is 0. The summed E-state index contributed by atoms with van der Waals surface area (Å²) in [4.78, 5) is 0. The van der Waals surface area contributed by atoms with Crippen molar-refractivity contribution in [2.24, 2.45) is 0 Å². The Morgan fingerprint density at radius 3 is 2.56 bits per heavy atom. The third-order valence-electron chi connectivity index (χ3n) is 1.50. The number of hydrogen-bond acceptors (Lipinski definition) is 0. The Morgan fingerprint density at radius 1 is 1.67 bits per heavy atom. The Bertz CT molecular complexity index is 183. The van der Waals surface area contributed by atoms with Crippen molar-refractivity contribution in [2.45, 2.75) is 20.3 Å². The van der Waals surface area contributed by atoms with Crippen molar-refractivity contribution in [1.82, 2.24) is 4.09 Å². The molecular formula is C7H10ClN. The van der Waals surface area contributed by atoms with E-state index in [1.807, 2.05) is 12.3 Å². The molecule has 0 aliphatic rings. The maximum atomic E-state index is 5.76. The van der Waals surface area contributed by atoms with Gasteiger partial charge in [-0.25, -0.2) is 0 Å². The van der Waals surface area contributed by atoms with E-state index in [1.165, 1.54) is 11.3 Å². The topological polar surface area (TPSA) is 4.93 Å². The SMILES string of the molecule is CCc1c(C)ccn1Cl. The maximum absolute atomic E-state index is 5.76. The second kappa shape index (κ2) is 2.44. The van der Waals surface area contributed by atoms with Gasteiger partial charge in [-0.3, -0.25) is 4.09 Å². The molecule has 0 N–H and O–H groups in total. The Hall–Kier alpha value is -0.430. The number of halogens is 1. The summed E-state index contributed by atoms with van der Waals surface area (Å²) in [6, 6.07) is 2.02. The minimum absolute atomic E-state index is 1.00. The van der Waals surface area contributed by atoms with E-state index < -0.39 is 0 Å². The predicted octanol–water partition coefficient (Wildman–Crippen LogP) is 2.36. The van der Waals surface area contributed by atoms with Gasteiger partial charge >= 0.3 is 0 Å². The Morgan fingerprint density at radius 2 is 2.33 bits per heavy atom. The van der Waals surface area contributed by atoms with Crippen LogP contribution in [0, 0.1) is 6.92 Å². The fourth-order valence-electron chi connectivity index (χ4n) is 0.962. The molecule has 0 aliphatic carbocycles. The van der Waals surface area contributed by atoms with E-state index in [1.54, 1.807) is 4.09 Å². The summed E-state index contributed by atoms with van der Waals surface area (Å²) < 4.78 is 1.65. The average molecular weight is 144 g/mol. The molecule has 50 valence electrons. The van der Waals surface area contributed by atoms with Crippen molar-refractivity contribution in [1.29, 1.82) is 0 Å². The molecule has 2 heteroatoms. The van der Waals surface area contributed by atoms with Crippen molar-refractivity contribution >= 4 is 11.8 Å². The van der Waals surface area contributed by atoms with Crippen LogP contribution in [0.2, 0.25) is 0 Å². The van der Waals surface area contributed by atoms with Crippen LogP contribution in [-0.2, 0) is 6.42 Å². The molecule has 1 rings (SSSR count). The molecule has 9 heavy (non-hydrogen) atoms. The third-order valence-corrected chi connectivity index (χ3v) is 1.82. The monoisotopic (exact) mass is 143 g/mol. The van der Waals surface area contributed by atoms with E-state index >= 15 is 0 Å². The van der Waals surface area contributed by atoms with Gasteiger partial charge in [0.1, 0.15) is 0 Å². The molecule has 0 radical (unpaired) electrons. The molecule has 0 aromatic carbocycles. The van der Waals surface area contributed by atoms with Gasteiger partial charge in [0.25, 0.3) is 0 Å². The molecule has 0 fully saturated rings. The van der Waals surface area contributed by atoms with E-state index in [0.29, 0.717) is 0 Å². The van der Waals surface area contributed by atoms with Crippen LogP contribution in [-0.4, -0.2) is 4.09 Å². The first-order valence-corrected chi connectivity index (χ1v) is 3.42. The molecule has 0 saturated carbocycles. The minimum atomic E-state index is 1.00. The first-order chi connectivity index (χ1) is 4.25. The summed E-state index contributed by atoms with van der Waals surface area (Å²) in [7, 11) is 0. The third kappa shape index (κ3) is 1.11. The van der Waals surface area contributed by atoms with Crippen LogP contribution >= 0.6 is 11.8 Å². The highest BCUT2D eigenvalue weighted by atomic mass is 35.5. The number of aromatic nitrogens is 1. The van der Waals surface area contributed by atoms with E-state index in [2.05, 4.69) is 13.8 Å². The van der Waals surface area contributed by atoms with Crippen LogP contribution in [0.5, 0.6) is 0 Å². The largest absolute Gasteiger partial charge is 0.265 e. The first kappa shape index (κ1) is 6.69. The van der Waals surface area contributed by atoms with Crippen molar-refractivity contribution in [3.05, 3.63) is 23.5 Å². The van der Waals surface area contributed by atoms with Crippen LogP contribution in [0.1, 0.15) is 18.2 Å². The predicted molar refractivity (Wildman–Crippen MR) is 39.8 cm³/mol. The van der Waals surface area contributed by atoms with Crippen LogP contribution in [0.3, 0.4) is 0 Å². The standard InChI is InChI=1S/C7H10ClN/c1-3-7-6(2)4-5-9(7)8/h4-5H,3H2,1-2H3. The lowest BCUT2D eigenvalue weighted by atomic mass is 10.2. The fourth-order valence-corrected chi connectivity index (χ4v) is 1.27. The lowest BCUT2D eigenvalue weighted by Gasteiger charge is -1.95. The van der Waals surface area contributed by atoms with Gasteiger partial charge in [0.15, 0.2) is 0 Å². The van der Waals surface area contributed by atoms with E-state index in [4.69, 9.17) is 11.8 Å². The van der Waals surface area contributed by atoms with Crippen molar-refractivity contribution in [3.8, 4) is 0 Å². The second-order valence-corrected chi connectivity index (χ2v) is 2.47. The second-order valence-electron chi connectivity index (χ2n) is 2.11. The van der Waals surface area contributed by atoms with Crippen LogP contribution in [0.4, 0.5) is 0 Å². The van der Waals surface area contributed by atoms with Crippen molar-refractivity contribution in [2.75, 3.05) is 0 Å². The molecule has 0 atom stereocenters. The van der Waals surface area contributed by atoms with Gasteiger partial charge in [-0.15, -0.1) is 0 Å². The summed E-state index contributed by atoms with van der Waals surface area (Å²) in [5.41, 5.74) is 2.48. The van der Waals surface area contributed by atoms with E-state index in [9.17, 15) is 0 Å². The van der Waals surface area contributed by atoms with Gasteiger partial charge in [-0.05, 0) is 25.0 Å². The Labute approximate surface area is 60.4 Å². The van der Waals surface area contributed by atoms with Gasteiger partial charge < -0.3 is 0 Å². The zero-order valence-corrected chi connectivity index (χ0v) is 6.44. The molecule has 0 bridgehead atoms. The molecule has 0 aliphatic heterocycles. The highest BCUT2D eigenvalue weighted by Crippen LogP contribution is 2.10. The lowest BCUT2D eigenvalue weighted by molar-refractivity contribution is 0.999. The summed E-state index contributed by atoms with van der Waals surface area (Å²) in [5, 5.41) is 0. The normalized spacial score (nSPS) is 10.1. The van der Waals surface area contributed by atoms with Crippen LogP contribution < -0.4 is 0 Å². The Balaban J connectivity index is 3.07. The first-order valence-electron chi connectivity index (χ1n) is 3.08. The number of rotatable bonds is 1. The molecule has 0 spiro atoms. The quantitative estimate of drug-likeness (QED) is 0.569. The average Bonchev–Trinajstić information content (AvgIpc) is 2.12. The molecule has 1 aromatic heterocycles. The Kier molecular flexibility index (Phi) is 1.81. The summed E-state index contributed by atoms with van der Waals surface area (Å²) in [6.45, 7) is 4.17. The molecule has 1 aromatic rings. The molecule has 1 heterocycles. The maximum Gasteiger partial charge on any atom is 0.0375 e.